The maximum Gasteiger partial charge on any atom is 0.124 e. The van der Waals surface area contributed by atoms with Crippen molar-refractivity contribution in [3.8, 4) is 0 Å². The van der Waals surface area contributed by atoms with Gasteiger partial charge in [0.15, 0.2) is 0 Å². The van der Waals surface area contributed by atoms with E-state index in [2.05, 4.69) is 53.7 Å². The summed E-state index contributed by atoms with van der Waals surface area (Å²) in [6, 6.07) is 6.21. The molecule has 0 aliphatic rings. The lowest BCUT2D eigenvalue weighted by Crippen LogP contribution is -2.41. The van der Waals surface area contributed by atoms with Crippen molar-refractivity contribution in [2.75, 3.05) is 32.1 Å². The Labute approximate surface area is 124 Å². The Balaban J connectivity index is 3.16. The fourth-order valence-electron chi connectivity index (χ4n) is 2.32. The standard InChI is InChI=1S/C14H23BrN4/c1-5-19(10(2)9-18(3)4)13-8-11(15)6-7-12(13)14(16)17/h6-8,10H,5,9H2,1-4H3,(H3,16,17). The van der Waals surface area contributed by atoms with Gasteiger partial charge >= 0.3 is 0 Å². The largest absolute Gasteiger partial charge is 0.384 e. The first-order chi connectivity index (χ1) is 8.86. The van der Waals surface area contributed by atoms with E-state index in [1.54, 1.807) is 0 Å². The zero-order valence-corrected chi connectivity index (χ0v) is 13.7. The van der Waals surface area contributed by atoms with E-state index in [9.17, 15) is 0 Å². The number of hydrogen-bond donors (Lipinski definition) is 2. The van der Waals surface area contributed by atoms with Crippen LogP contribution in [0.3, 0.4) is 0 Å². The van der Waals surface area contributed by atoms with Gasteiger partial charge in [-0.25, -0.2) is 0 Å². The zero-order chi connectivity index (χ0) is 14.6. The van der Waals surface area contributed by atoms with Crippen LogP contribution >= 0.6 is 15.9 Å². The molecule has 0 aliphatic carbocycles. The van der Waals surface area contributed by atoms with Gasteiger partial charge in [0.2, 0.25) is 0 Å². The van der Waals surface area contributed by atoms with Gasteiger partial charge in [-0.1, -0.05) is 15.9 Å². The summed E-state index contributed by atoms with van der Waals surface area (Å²) in [6.07, 6.45) is 0. The Kier molecular flexibility index (Phi) is 5.82. The quantitative estimate of drug-likeness (QED) is 0.623. The molecule has 0 radical (unpaired) electrons. The molecule has 0 bridgehead atoms. The fourth-order valence-corrected chi connectivity index (χ4v) is 2.67. The van der Waals surface area contributed by atoms with Crippen molar-refractivity contribution in [3.05, 3.63) is 28.2 Å². The minimum atomic E-state index is 0.109. The highest BCUT2D eigenvalue weighted by atomic mass is 79.9. The van der Waals surface area contributed by atoms with Gasteiger partial charge in [-0.05, 0) is 46.1 Å². The predicted molar refractivity (Wildman–Crippen MR) is 86.2 cm³/mol. The van der Waals surface area contributed by atoms with Crippen LogP contribution in [0.15, 0.2) is 22.7 Å². The number of hydrogen-bond acceptors (Lipinski definition) is 3. The number of amidine groups is 1. The van der Waals surface area contributed by atoms with E-state index in [4.69, 9.17) is 11.1 Å². The lowest BCUT2D eigenvalue weighted by Gasteiger charge is -2.33. The maximum atomic E-state index is 7.72. The van der Waals surface area contributed by atoms with Crippen LogP contribution in [0.25, 0.3) is 0 Å². The van der Waals surface area contributed by atoms with E-state index in [1.165, 1.54) is 0 Å². The van der Waals surface area contributed by atoms with Crippen molar-refractivity contribution in [2.45, 2.75) is 19.9 Å². The molecule has 0 amide bonds. The molecule has 1 unspecified atom stereocenters. The first kappa shape index (κ1) is 16.0. The number of anilines is 1. The molecule has 3 N–H and O–H groups in total. The Morgan fingerprint density at radius 1 is 1.42 bits per heavy atom. The summed E-state index contributed by atoms with van der Waals surface area (Å²) in [7, 11) is 4.13. The van der Waals surface area contributed by atoms with Crippen molar-refractivity contribution in [2.24, 2.45) is 5.73 Å². The Morgan fingerprint density at radius 2 is 2.05 bits per heavy atom. The summed E-state index contributed by atoms with van der Waals surface area (Å²) in [5.41, 5.74) is 7.49. The highest BCUT2D eigenvalue weighted by molar-refractivity contribution is 9.10. The molecule has 4 nitrogen and oxygen atoms in total. The third-order valence-electron chi connectivity index (χ3n) is 3.06. The minimum Gasteiger partial charge on any atom is -0.384 e. The lowest BCUT2D eigenvalue weighted by molar-refractivity contribution is 0.373. The van der Waals surface area contributed by atoms with Crippen LogP contribution in [0.1, 0.15) is 19.4 Å². The average molecular weight is 327 g/mol. The molecule has 106 valence electrons. The molecule has 0 saturated carbocycles. The second kappa shape index (κ2) is 6.91. The second-order valence-corrected chi connectivity index (χ2v) is 5.89. The molecular formula is C14H23BrN4. The highest BCUT2D eigenvalue weighted by Crippen LogP contribution is 2.26. The van der Waals surface area contributed by atoms with E-state index < -0.39 is 0 Å². The van der Waals surface area contributed by atoms with Gasteiger partial charge in [0.1, 0.15) is 5.84 Å². The number of nitrogen functional groups attached to an aromatic ring is 1. The summed E-state index contributed by atoms with van der Waals surface area (Å²) in [5.74, 6) is 0.109. The molecule has 0 aromatic heterocycles. The third-order valence-corrected chi connectivity index (χ3v) is 3.55. The Bertz CT molecular complexity index is 445. The van der Waals surface area contributed by atoms with Crippen LogP contribution in [0.5, 0.6) is 0 Å². The van der Waals surface area contributed by atoms with Gasteiger partial charge in [-0.2, -0.15) is 0 Å². The fraction of sp³-hybridized carbons (Fsp3) is 0.500. The summed E-state index contributed by atoms with van der Waals surface area (Å²) >= 11 is 3.49. The van der Waals surface area contributed by atoms with Gasteiger partial charge in [0.05, 0.1) is 0 Å². The second-order valence-electron chi connectivity index (χ2n) is 4.97. The van der Waals surface area contributed by atoms with Crippen LogP contribution in [0, 0.1) is 5.41 Å². The number of benzene rings is 1. The lowest BCUT2D eigenvalue weighted by atomic mass is 10.1. The molecule has 0 heterocycles. The smallest absolute Gasteiger partial charge is 0.124 e. The van der Waals surface area contributed by atoms with Crippen LogP contribution < -0.4 is 10.6 Å². The molecule has 0 aliphatic heterocycles. The molecule has 19 heavy (non-hydrogen) atoms. The van der Waals surface area contributed by atoms with Gasteiger partial charge in [0, 0.05) is 34.9 Å². The van der Waals surface area contributed by atoms with Crippen molar-refractivity contribution in [3.63, 3.8) is 0 Å². The summed E-state index contributed by atoms with van der Waals surface area (Å²) < 4.78 is 1.00. The first-order valence-electron chi connectivity index (χ1n) is 6.42. The van der Waals surface area contributed by atoms with Gasteiger partial charge < -0.3 is 15.5 Å². The molecule has 1 aromatic rings. The molecule has 1 rings (SSSR count). The third kappa shape index (κ3) is 4.21. The van der Waals surface area contributed by atoms with E-state index in [0.29, 0.717) is 6.04 Å². The van der Waals surface area contributed by atoms with Crippen LogP contribution in [-0.2, 0) is 0 Å². The number of halogens is 1. The predicted octanol–water partition coefficient (Wildman–Crippen LogP) is 2.51. The van der Waals surface area contributed by atoms with Crippen molar-refractivity contribution >= 4 is 27.5 Å². The van der Waals surface area contributed by atoms with Crippen LogP contribution in [0.4, 0.5) is 5.69 Å². The minimum absolute atomic E-state index is 0.109. The van der Waals surface area contributed by atoms with Gasteiger partial charge in [0.25, 0.3) is 0 Å². The highest BCUT2D eigenvalue weighted by Gasteiger charge is 2.18. The summed E-state index contributed by atoms with van der Waals surface area (Å²) in [6.45, 7) is 6.15. The van der Waals surface area contributed by atoms with E-state index in [1.807, 2.05) is 18.2 Å². The first-order valence-corrected chi connectivity index (χ1v) is 7.21. The number of rotatable bonds is 6. The monoisotopic (exact) mass is 326 g/mol. The van der Waals surface area contributed by atoms with E-state index in [-0.39, 0.29) is 5.84 Å². The maximum absolute atomic E-state index is 7.72. The molecule has 0 fully saturated rings. The molecule has 1 aromatic carbocycles. The van der Waals surface area contributed by atoms with Crippen LogP contribution in [-0.4, -0.2) is 44.0 Å². The normalized spacial score (nSPS) is 12.5. The molecule has 0 spiro atoms. The van der Waals surface area contributed by atoms with Crippen molar-refractivity contribution in [1.29, 1.82) is 5.41 Å². The molecule has 1 atom stereocenters. The Hall–Kier alpha value is -1.07. The van der Waals surface area contributed by atoms with Crippen LogP contribution in [0.2, 0.25) is 0 Å². The van der Waals surface area contributed by atoms with E-state index in [0.717, 1.165) is 28.8 Å². The van der Waals surface area contributed by atoms with E-state index >= 15 is 0 Å². The zero-order valence-electron chi connectivity index (χ0n) is 12.1. The summed E-state index contributed by atoms with van der Waals surface area (Å²) in [5, 5.41) is 7.72. The average Bonchev–Trinajstić information content (AvgIpc) is 2.28. The number of likely N-dealkylation sites (N-methyl/N-ethyl adjacent to an activating group) is 2. The van der Waals surface area contributed by atoms with Gasteiger partial charge in [-0.15, -0.1) is 0 Å². The number of nitrogens with one attached hydrogen (secondary N) is 1. The number of nitrogens with two attached hydrogens (primary N) is 1. The molecular weight excluding hydrogens is 304 g/mol. The van der Waals surface area contributed by atoms with Crippen molar-refractivity contribution < 1.29 is 0 Å². The molecule has 0 saturated heterocycles. The number of nitrogens with zero attached hydrogens (tertiary/aromatic N) is 2. The van der Waals surface area contributed by atoms with Crippen molar-refractivity contribution in [1.82, 2.24) is 4.90 Å². The summed E-state index contributed by atoms with van der Waals surface area (Å²) in [4.78, 5) is 4.44. The SMILES string of the molecule is CCN(c1cc(Br)ccc1C(=N)N)C(C)CN(C)C. The topological polar surface area (TPSA) is 56.4 Å². The Morgan fingerprint density at radius 3 is 2.53 bits per heavy atom. The van der Waals surface area contributed by atoms with Gasteiger partial charge in [-0.3, -0.25) is 5.41 Å². The molecule has 5 heteroatoms.